The van der Waals surface area contributed by atoms with Gasteiger partial charge in [-0.1, -0.05) is 48.2 Å². The van der Waals surface area contributed by atoms with Crippen LogP contribution in [0.2, 0.25) is 0 Å². The van der Waals surface area contributed by atoms with Crippen molar-refractivity contribution in [1.82, 2.24) is 15.2 Å². The van der Waals surface area contributed by atoms with E-state index in [1.165, 1.54) is 16.7 Å². The van der Waals surface area contributed by atoms with Gasteiger partial charge in [-0.2, -0.15) is 0 Å². The highest BCUT2D eigenvalue weighted by molar-refractivity contribution is 8.26. The van der Waals surface area contributed by atoms with Gasteiger partial charge >= 0.3 is 0 Å². The number of benzene rings is 1. The Hall–Kier alpha value is -2.72. The van der Waals surface area contributed by atoms with Gasteiger partial charge in [0.1, 0.15) is 15.8 Å². The number of nitrogens with zero attached hydrogens (tertiary/aromatic N) is 3. The number of carbonyl (C=O) groups is 2. The Morgan fingerprint density at radius 1 is 1.36 bits per heavy atom. The smallest absolute Gasteiger partial charge is 0.266 e. The highest BCUT2D eigenvalue weighted by Crippen LogP contribution is 2.32. The summed E-state index contributed by atoms with van der Waals surface area (Å²) in [4.78, 5) is 26.7. The Morgan fingerprint density at radius 2 is 2.11 bits per heavy atom. The number of carbonyl (C=O) groups excluding carboxylic acids is 2. The van der Waals surface area contributed by atoms with Crippen LogP contribution < -0.4 is 10.1 Å². The molecule has 2 aromatic rings. The normalized spacial score (nSPS) is 15.4. The highest BCUT2D eigenvalue weighted by Gasteiger charge is 2.32. The molecule has 1 saturated heterocycles. The minimum Gasteiger partial charge on any atom is -0.497 e. The molecule has 0 radical (unpaired) electrons. The molecule has 1 aromatic heterocycles. The van der Waals surface area contributed by atoms with Crippen molar-refractivity contribution >= 4 is 52.0 Å². The number of anilines is 1. The first kappa shape index (κ1) is 20.0. The van der Waals surface area contributed by atoms with Crippen LogP contribution in [0, 0.1) is 0 Å². The van der Waals surface area contributed by atoms with Crippen LogP contribution in [0.4, 0.5) is 5.82 Å². The first-order valence-corrected chi connectivity index (χ1v) is 9.75. The lowest BCUT2D eigenvalue weighted by atomic mass is 10.2. The summed E-state index contributed by atoms with van der Waals surface area (Å²) in [6.07, 6.45) is 2.44. The predicted molar refractivity (Wildman–Crippen MR) is 110 cm³/mol. The van der Waals surface area contributed by atoms with E-state index < -0.39 is 0 Å². The average molecular weight is 419 g/mol. The molecule has 8 nitrogen and oxygen atoms in total. The maximum atomic E-state index is 12.6. The number of nitrogens with one attached hydrogen (secondary N) is 1. The van der Waals surface area contributed by atoms with E-state index in [1.54, 1.807) is 13.2 Å². The van der Waals surface area contributed by atoms with Crippen molar-refractivity contribution in [1.29, 1.82) is 0 Å². The lowest BCUT2D eigenvalue weighted by Crippen LogP contribution is -2.31. The second-order valence-electron chi connectivity index (χ2n) is 5.82. The lowest BCUT2D eigenvalue weighted by Gasteiger charge is -2.13. The number of ether oxygens (including phenoxy) is 1. The maximum absolute atomic E-state index is 12.6. The van der Waals surface area contributed by atoms with Gasteiger partial charge in [-0.15, -0.1) is 0 Å². The number of amides is 2. The number of hydrogen-bond acceptors (Lipinski definition) is 8. The zero-order chi connectivity index (χ0) is 20.1. The van der Waals surface area contributed by atoms with Crippen molar-refractivity contribution in [2.24, 2.45) is 0 Å². The van der Waals surface area contributed by atoms with Gasteiger partial charge in [0.05, 0.1) is 12.0 Å². The maximum Gasteiger partial charge on any atom is 0.266 e. The summed E-state index contributed by atoms with van der Waals surface area (Å²) < 4.78 is 10.2. The monoisotopic (exact) mass is 418 g/mol. The molecule has 1 aliphatic rings. The summed E-state index contributed by atoms with van der Waals surface area (Å²) in [5.41, 5.74) is 1.44. The number of rotatable bonds is 7. The first-order valence-electron chi connectivity index (χ1n) is 8.52. The van der Waals surface area contributed by atoms with Crippen molar-refractivity contribution in [2.45, 2.75) is 19.8 Å². The molecule has 0 aliphatic carbocycles. The largest absolute Gasteiger partial charge is 0.497 e. The van der Waals surface area contributed by atoms with Gasteiger partial charge in [-0.25, -0.2) is 4.63 Å². The van der Waals surface area contributed by atoms with Crippen molar-refractivity contribution < 1.29 is 19.0 Å². The molecular formula is C18H18N4O4S2. The third kappa shape index (κ3) is 4.57. The van der Waals surface area contributed by atoms with E-state index in [1.807, 2.05) is 31.2 Å². The number of aryl methyl sites for hydroxylation is 1. The molecule has 2 amide bonds. The quantitative estimate of drug-likeness (QED) is 0.541. The van der Waals surface area contributed by atoms with Crippen LogP contribution in [0.3, 0.4) is 0 Å². The summed E-state index contributed by atoms with van der Waals surface area (Å²) in [5.74, 6) is 0.538. The van der Waals surface area contributed by atoms with E-state index in [0.717, 1.165) is 11.3 Å². The highest BCUT2D eigenvalue weighted by atomic mass is 32.2. The topological polar surface area (TPSA) is 97.6 Å². The predicted octanol–water partition coefficient (Wildman–Crippen LogP) is 2.87. The van der Waals surface area contributed by atoms with Crippen LogP contribution in [0.15, 0.2) is 33.8 Å². The molecule has 28 heavy (non-hydrogen) atoms. The fourth-order valence-corrected chi connectivity index (χ4v) is 3.79. The zero-order valence-electron chi connectivity index (χ0n) is 15.3. The molecule has 1 fully saturated rings. The van der Waals surface area contributed by atoms with E-state index >= 15 is 0 Å². The van der Waals surface area contributed by atoms with Crippen molar-refractivity contribution in [3.8, 4) is 5.75 Å². The van der Waals surface area contributed by atoms with Gasteiger partial charge < -0.3 is 10.1 Å². The fourth-order valence-electron chi connectivity index (χ4n) is 2.49. The Labute approximate surface area is 171 Å². The van der Waals surface area contributed by atoms with Gasteiger partial charge in [0.2, 0.25) is 11.7 Å². The number of thioether (sulfide) groups is 1. The summed E-state index contributed by atoms with van der Waals surface area (Å²) in [6.45, 7) is 2.06. The molecular weight excluding hydrogens is 400 g/mol. The molecule has 0 saturated carbocycles. The number of aromatic nitrogens is 2. The Morgan fingerprint density at radius 3 is 2.79 bits per heavy atom. The zero-order valence-corrected chi connectivity index (χ0v) is 16.9. The Balaban J connectivity index is 1.60. The minimum atomic E-state index is -0.293. The fraction of sp³-hybridized carbons (Fsp3) is 0.278. The number of thiocarbonyl (C=S) groups is 1. The molecule has 1 aromatic carbocycles. The molecule has 146 valence electrons. The standard InChI is InChI=1S/C18H18N4O4S2/c1-3-13-16(21-26-20-13)19-15(23)8-9-22-17(24)14(28-18(22)27)10-11-4-6-12(25-2)7-5-11/h4-7,10H,3,8-9H2,1-2H3,(H,19,21,23)/b14-10-. The molecule has 0 spiro atoms. The summed E-state index contributed by atoms with van der Waals surface area (Å²) >= 11 is 6.51. The molecule has 0 atom stereocenters. The van der Waals surface area contributed by atoms with Crippen LogP contribution in [-0.2, 0) is 16.0 Å². The van der Waals surface area contributed by atoms with Crippen LogP contribution >= 0.6 is 24.0 Å². The van der Waals surface area contributed by atoms with E-state index in [0.29, 0.717) is 27.2 Å². The Bertz CT molecular complexity index is 924. The second-order valence-corrected chi connectivity index (χ2v) is 7.49. The molecule has 0 bridgehead atoms. The minimum absolute atomic E-state index is 0.0816. The Kier molecular flexibility index (Phi) is 6.42. The van der Waals surface area contributed by atoms with Crippen LogP contribution in [0.1, 0.15) is 24.6 Å². The lowest BCUT2D eigenvalue weighted by molar-refractivity contribution is -0.122. The second kappa shape index (κ2) is 8.98. The molecule has 2 heterocycles. The summed E-state index contributed by atoms with van der Waals surface area (Å²) in [5, 5.41) is 10.0. The average Bonchev–Trinajstić information content (AvgIpc) is 3.24. The van der Waals surface area contributed by atoms with Crippen molar-refractivity contribution in [3.63, 3.8) is 0 Å². The molecule has 10 heteroatoms. The number of methoxy groups -OCH3 is 1. The van der Waals surface area contributed by atoms with Crippen molar-refractivity contribution in [2.75, 3.05) is 19.0 Å². The molecule has 1 N–H and O–H groups in total. The van der Waals surface area contributed by atoms with Crippen LogP contribution in [-0.4, -0.2) is 45.0 Å². The SMILES string of the molecule is CCc1nonc1NC(=O)CCN1C(=O)/C(=C/c2ccc(OC)cc2)SC1=S. The van der Waals surface area contributed by atoms with E-state index in [2.05, 4.69) is 20.3 Å². The van der Waals surface area contributed by atoms with Gasteiger partial charge in [0.25, 0.3) is 5.91 Å². The van der Waals surface area contributed by atoms with Gasteiger partial charge in [-0.3, -0.25) is 14.5 Å². The van der Waals surface area contributed by atoms with Gasteiger partial charge in [0, 0.05) is 13.0 Å². The van der Waals surface area contributed by atoms with Gasteiger partial charge in [0.15, 0.2) is 0 Å². The molecule has 3 rings (SSSR count). The molecule has 1 aliphatic heterocycles. The summed E-state index contributed by atoms with van der Waals surface area (Å²) in [7, 11) is 1.60. The number of hydrogen-bond donors (Lipinski definition) is 1. The third-order valence-corrected chi connectivity index (χ3v) is 5.38. The first-order chi connectivity index (χ1) is 13.5. The molecule has 0 unspecified atom stereocenters. The van der Waals surface area contributed by atoms with Crippen molar-refractivity contribution in [3.05, 3.63) is 40.4 Å². The van der Waals surface area contributed by atoms with E-state index in [9.17, 15) is 9.59 Å². The van der Waals surface area contributed by atoms with Gasteiger partial charge in [-0.05, 0) is 35.3 Å². The van der Waals surface area contributed by atoms with E-state index in [-0.39, 0.29) is 24.8 Å². The van der Waals surface area contributed by atoms with Crippen LogP contribution in [0.25, 0.3) is 6.08 Å². The summed E-state index contributed by atoms with van der Waals surface area (Å²) in [6, 6.07) is 7.35. The third-order valence-electron chi connectivity index (χ3n) is 4.00. The van der Waals surface area contributed by atoms with Crippen LogP contribution in [0.5, 0.6) is 5.75 Å². The van der Waals surface area contributed by atoms with E-state index in [4.69, 9.17) is 17.0 Å².